The topological polar surface area (TPSA) is 102 Å². The summed E-state index contributed by atoms with van der Waals surface area (Å²) < 4.78 is 65.5. The highest BCUT2D eigenvalue weighted by molar-refractivity contribution is 7.89. The van der Waals surface area contributed by atoms with Gasteiger partial charge in [0.2, 0.25) is 15.9 Å². The first-order valence-corrected chi connectivity index (χ1v) is 14.4. The Kier molecular flexibility index (Phi) is 8.73. The molecule has 2 atom stereocenters. The quantitative estimate of drug-likeness (QED) is 0.480. The predicted octanol–water partition coefficient (Wildman–Crippen LogP) is 4.30. The molecule has 202 valence electrons. The molecule has 37 heavy (non-hydrogen) atoms. The van der Waals surface area contributed by atoms with Gasteiger partial charge < -0.3 is 15.4 Å². The number of nitrogens with zero attached hydrogens (tertiary/aromatic N) is 1. The normalized spacial score (nSPS) is 20.1. The molecule has 2 aromatic rings. The Morgan fingerprint density at radius 2 is 1.73 bits per heavy atom. The molecule has 1 unspecified atom stereocenters. The van der Waals surface area contributed by atoms with Gasteiger partial charge in [-0.3, -0.25) is 4.79 Å². The van der Waals surface area contributed by atoms with Crippen molar-refractivity contribution in [1.29, 1.82) is 0 Å². The minimum absolute atomic E-state index is 0.0702. The molecule has 11 heteroatoms. The fourth-order valence-corrected chi connectivity index (χ4v) is 6.11. The Bertz CT molecular complexity index is 1170. The average molecular weight is 556 g/mol. The number of likely N-dealkylation sites (tertiary alicyclic amines) is 1. The van der Waals surface area contributed by atoms with E-state index in [2.05, 4.69) is 0 Å². The van der Waals surface area contributed by atoms with Gasteiger partial charge in [-0.05, 0) is 61.6 Å². The second kappa shape index (κ2) is 11.6. The third-order valence-electron chi connectivity index (χ3n) is 6.99. The number of amides is 1. The monoisotopic (exact) mass is 555 g/mol. The molecule has 2 aliphatic rings. The molecule has 7 nitrogen and oxygen atoms in total. The van der Waals surface area contributed by atoms with Crippen LogP contribution in [0.3, 0.4) is 0 Å². The summed E-state index contributed by atoms with van der Waals surface area (Å²) in [6.45, 7) is 0.787. The summed E-state index contributed by atoms with van der Waals surface area (Å²) in [5, 5.41) is 0.235. The molecule has 2 aromatic carbocycles. The third kappa shape index (κ3) is 6.79. The molecule has 0 radical (unpaired) electrons. The van der Waals surface area contributed by atoms with E-state index in [4.69, 9.17) is 22.1 Å². The van der Waals surface area contributed by atoms with Crippen molar-refractivity contribution in [2.45, 2.75) is 61.4 Å². The van der Waals surface area contributed by atoms with Gasteiger partial charge in [0.05, 0.1) is 11.5 Å². The maximum Gasteiger partial charge on any atom is 0.298 e. The number of carbonyl (C=O) groups excluding carboxylic acids is 1. The molecule has 1 saturated carbocycles. The van der Waals surface area contributed by atoms with Crippen LogP contribution in [0.15, 0.2) is 53.4 Å². The highest BCUT2D eigenvalue weighted by Crippen LogP contribution is 2.35. The van der Waals surface area contributed by atoms with Crippen molar-refractivity contribution in [2.75, 3.05) is 19.7 Å². The van der Waals surface area contributed by atoms with Gasteiger partial charge in [0.1, 0.15) is 5.75 Å². The summed E-state index contributed by atoms with van der Waals surface area (Å²) in [4.78, 5) is 14.1. The van der Waals surface area contributed by atoms with Crippen LogP contribution in [0.2, 0.25) is 5.02 Å². The second-order valence-electron chi connectivity index (χ2n) is 9.80. The van der Waals surface area contributed by atoms with Crippen LogP contribution in [-0.2, 0) is 20.7 Å². The van der Waals surface area contributed by atoms with Gasteiger partial charge in [0.15, 0.2) is 6.04 Å². The second-order valence-corrected chi connectivity index (χ2v) is 12.0. The Morgan fingerprint density at radius 3 is 2.32 bits per heavy atom. The third-order valence-corrected chi connectivity index (χ3v) is 8.68. The minimum Gasteiger partial charge on any atom is -0.493 e. The molecular formula is C26H32ClF2N3O4S. The zero-order valence-electron chi connectivity index (χ0n) is 20.4. The van der Waals surface area contributed by atoms with E-state index < -0.39 is 33.5 Å². The number of benzene rings is 2. The van der Waals surface area contributed by atoms with Crippen molar-refractivity contribution in [3.63, 3.8) is 0 Å². The van der Waals surface area contributed by atoms with E-state index in [1.165, 1.54) is 60.6 Å². The first-order chi connectivity index (χ1) is 17.6. The Balaban J connectivity index is 1.54. The highest BCUT2D eigenvalue weighted by Gasteiger charge is 2.50. The van der Waals surface area contributed by atoms with Crippen LogP contribution in [0.5, 0.6) is 5.75 Å². The Labute approximate surface area is 221 Å². The maximum absolute atomic E-state index is 15.7. The van der Waals surface area contributed by atoms with Crippen molar-refractivity contribution in [2.24, 2.45) is 11.7 Å². The largest absolute Gasteiger partial charge is 0.493 e. The molecule has 1 heterocycles. The summed E-state index contributed by atoms with van der Waals surface area (Å²) in [6, 6.07) is 7.50. The predicted molar refractivity (Wildman–Crippen MR) is 137 cm³/mol. The number of halogens is 3. The molecule has 1 saturated heterocycles. The maximum atomic E-state index is 15.7. The summed E-state index contributed by atoms with van der Waals surface area (Å²) in [6.07, 6.45) is 6.26. The Morgan fingerprint density at radius 1 is 1.08 bits per heavy atom. The van der Waals surface area contributed by atoms with Gasteiger partial charge in [-0.1, -0.05) is 43.0 Å². The van der Waals surface area contributed by atoms with E-state index in [0.29, 0.717) is 24.7 Å². The lowest BCUT2D eigenvalue weighted by Crippen LogP contribution is -2.56. The fourth-order valence-electron chi connectivity index (χ4n) is 4.79. The number of sulfonamides is 1. The van der Waals surface area contributed by atoms with E-state index in [1.54, 1.807) is 0 Å². The van der Waals surface area contributed by atoms with Gasteiger partial charge >= 0.3 is 0 Å². The van der Waals surface area contributed by atoms with E-state index in [1.807, 2.05) is 4.72 Å². The number of nitrogens with one attached hydrogen (secondary N) is 1. The van der Waals surface area contributed by atoms with E-state index in [9.17, 15) is 13.2 Å². The summed E-state index contributed by atoms with van der Waals surface area (Å²) in [5.74, 6) is -3.93. The van der Waals surface area contributed by atoms with Crippen molar-refractivity contribution < 1.29 is 26.7 Å². The average Bonchev–Trinajstić information content (AvgIpc) is 3.33. The molecule has 2 fully saturated rings. The number of ether oxygens (including phenoxy) is 1. The number of alkyl halides is 2. The molecule has 0 aromatic heterocycles. The molecule has 1 amide bonds. The van der Waals surface area contributed by atoms with Crippen LogP contribution in [0.4, 0.5) is 8.78 Å². The molecule has 1 aliphatic carbocycles. The highest BCUT2D eigenvalue weighted by atomic mass is 35.5. The number of nitrogens with two attached hydrogens (primary N) is 1. The van der Waals surface area contributed by atoms with Gasteiger partial charge in [-0.2, -0.15) is 13.5 Å². The van der Waals surface area contributed by atoms with Crippen LogP contribution in [-0.4, -0.2) is 51.0 Å². The van der Waals surface area contributed by atoms with Crippen molar-refractivity contribution in [3.05, 3.63) is 59.1 Å². The van der Waals surface area contributed by atoms with E-state index >= 15 is 8.78 Å². The zero-order valence-corrected chi connectivity index (χ0v) is 22.0. The minimum atomic E-state index is -4.49. The van der Waals surface area contributed by atoms with Crippen LogP contribution in [0.1, 0.15) is 44.1 Å². The van der Waals surface area contributed by atoms with Crippen molar-refractivity contribution >= 4 is 27.5 Å². The van der Waals surface area contributed by atoms with Crippen molar-refractivity contribution in [3.8, 4) is 5.75 Å². The van der Waals surface area contributed by atoms with Gasteiger partial charge in [-0.15, -0.1) is 0 Å². The zero-order chi connectivity index (χ0) is 26.6. The summed E-state index contributed by atoms with van der Waals surface area (Å²) in [7, 11) is -4.49. The Hall–Kier alpha value is -2.27. The van der Waals surface area contributed by atoms with Crippen LogP contribution in [0, 0.1) is 5.92 Å². The van der Waals surface area contributed by atoms with Crippen LogP contribution in [0.25, 0.3) is 0 Å². The standard InChI is InChI=1S/C26H32ClF2N3O4S/c27-20-8-6-19(7-9-20)26(28,29)24(25(33)32-15-14-21(30)16-32)31-37(34,35)23-12-10-22(11-13-23)36-17-18-4-2-1-3-5-18/h6-13,18,21,24,31H,1-5,14-17,30H2/t21-,24?/m1/s1. The number of hydrogen-bond acceptors (Lipinski definition) is 5. The lowest BCUT2D eigenvalue weighted by molar-refractivity contribution is -0.143. The molecule has 0 spiro atoms. The lowest BCUT2D eigenvalue weighted by atomic mass is 9.90. The fraction of sp³-hybridized carbons (Fsp3) is 0.500. The summed E-state index contributed by atoms with van der Waals surface area (Å²) >= 11 is 5.83. The SMILES string of the molecule is N[C@@H]1CCN(C(=O)C(NS(=O)(=O)c2ccc(OCC3CCCCC3)cc2)C(F)(F)c2ccc(Cl)cc2)C1. The van der Waals surface area contributed by atoms with Gasteiger partial charge in [-0.25, -0.2) is 8.42 Å². The van der Waals surface area contributed by atoms with Gasteiger partial charge in [0, 0.05) is 29.7 Å². The number of carbonyl (C=O) groups is 1. The molecular weight excluding hydrogens is 524 g/mol. The van der Waals surface area contributed by atoms with Crippen LogP contribution >= 0.6 is 11.6 Å². The number of rotatable bonds is 9. The van der Waals surface area contributed by atoms with Crippen molar-refractivity contribution in [1.82, 2.24) is 9.62 Å². The van der Waals surface area contributed by atoms with Gasteiger partial charge in [0.25, 0.3) is 5.92 Å². The molecule has 3 N–H and O–H groups in total. The number of hydrogen-bond donors (Lipinski definition) is 2. The smallest absolute Gasteiger partial charge is 0.298 e. The van der Waals surface area contributed by atoms with Crippen LogP contribution < -0.4 is 15.2 Å². The lowest BCUT2D eigenvalue weighted by Gasteiger charge is -2.30. The molecule has 1 aliphatic heterocycles. The summed E-state index contributed by atoms with van der Waals surface area (Å²) in [5.41, 5.74) is 5.32. The van der Waals surface area contributed by atoms with E-state index in [-0.39, 0.29) is 29.0 Å². The van der Waals surface area contributed by atoms with E-state index in [0.717, 1.165) is 25.0 Å². The molecule has 0 bridgehead atoms. The first kappa shape index (κ1) is 27.8. The first-order valence-electron chi connectivity index (χ1n) is 12.5. The molecule has 4 rings (SSSR count).